The molecule has 2 aliphatic heterocycles. The Bertz CT molecular complexity index is 1280. The van der Waals surface area contributed by atoms with Crippen molar-refractivity contribution in [2.24, 2.45) is 50.7 Å². The number of carbonyl (C=O) groups excluding carboxylic acids is 1. The number of unbranched alkanes of at least 4 members (excludes halogenated alkanes) is 3. The maximum atomic E-state index is 12.9. The van der Waals surface area contributed by atoms with E-state index >= 15 is 0 Å². The predicted molar refractivity (Wildman–Crippen MR) is 180 cm³/mol. The summed E-state index contributed by atoms with van der Waals surface area (Å²) in [5.74, 6) is 0.881. The van der Waals surface area contributed by atoms with E-state index in [1.165, 1.54) is 19.3 Å². The van der Waals surface area contributed by atoms with Crippen LogP contribution in [0.3, 0.4) is 0 Å². The Kier molecular flexibility index (Phi) is 8.48. The lowest BCUT2D eigenvalue weighted by atomic mass is 9.37. The van der Waals surface area contributed by atoms with Gasteiger partial charge in [-0.1, -0.05) is 65.7 Å². The molecule has 264 valence electrons. The monoisotopic (exact) mass is 654 g/mol. The maximum Gasteiger partial charge on any atom is 0.331 e. The van der Waals surface area contributed by atoms with Gasteiger partial charge in [0.2, 0.25) is 0 Å². The van der Waals surface area contributed by atoms with Gasteiger partial charge < -0.3 is 29.5 Å². The first-order valence-corrected chi connectivity index (χ1v) is 19.1. The highest BCUT2D eigenvalue weighted by Gasteiger charge is 2.86. The average molecular weight is 655 g/mol. The largest absolute Gasteiger partial charge is 0.459 e. The third-order valence-electron chi connectivity index (χ3n) is 16.1. The summed E-state index contributed by atoms with van der Waals surface area (Å²) in [5, 5.41) is 33.3. The van der Waals surface area contributed by atoms with Crippen molar-refractivity contribution in [3.05, 3.63) is 24.3 Å². The Morgan fingerprint density at radius 3 is 2.47 bits per heavy atom. The van der Waals surface area contributed by atoms with Crippen molar-refractivity contribution in [3.63, 3.8) is 0 Å². The summed E-state index contributed by atoms with van der Waals surface area (Å²) in [6, 6.07) is 0. The molecule has 3 unspecified atom stereocenters. The molecule has 7 aliphatic rings. The van der Waals surface area contributed by atoms with Gasteiger partial charge in [0.25, 0.3) is 0 Å². The molecule has 5 saturated carbocycles. The highest BCUT2D eigenvalue weighted by Crippen LogP contribution is 2.91. The zero-order valence-electron chi connectivity index (χ0n) is 29.9. The highest BCUT2D eigenvalue weighted by molar-refractivity contribution is 5.82. The third kappa shape index (κ3) is 4.86. The number of epoxide rings is 1. The van der Waals surface area contributed by atoms with Gasteiger partial charge in [-0.05, 0) is 112 Å². The predicted octanol–water partition coefficient (Wildman–Crippen LogP) is 6.87. The first-order valence-electron chi connectivity index (χ1n) is 19.1. The molecule has 7 rings (SSSR count). The number of aliphatic hydroxyl groups is 3. The average Bonchev–Trinajstić information content (AvgIpc) is 3.81. The van der Waals surface area contributed by atoms with E-state index in [9.17, 15) is 20.1 Å². The summed E-state index contributed by atoms with van der Waals surface area (Å²) in [6.45, 7) is 13.6. The number of esters is 1. The molecule has 0 radical (unpaired) electrons. The van der Waals surface area contributed by atoms with Gasteiger partial charge >= 0.3 is 5.97 Å². The topological polar surface area (TPSA) is 109 Å². The van der Waals surface area contributed by atoms with Crippen molar-refractivity contribution < 1.29 is 34.3 Å². The minimum Gasteiger partial charge on any atom is -0.459 e. The highest BCUT2D eigenvalue weighted by atomic mass is 16.7. The van der Waals surface area contributed by atoms with E-state index in [0.29, 0.717) is 11.8 Å². The number of rotatable bonds is 10. The molecular formula is C40H62O7. The van der Waals surface area contributed by atoms with Crippen molar-refractivity contribution in [2.45, 2.75) is 161 Å². The number of allylic oxidation sites excluding steroid dienone is 3. The molecule has 0 aromatic rings. The molecule has 7 nitrogen and oxygen atoms in total. The molecule has 5 aliphatic carbocycles. The van der Waals surface area contributed by atoms with E-state index in [4.69, 9.17) is 14.2 Å². The SMILES string of the molecule is CCCCC/C=C\C=C\C(=O)O[C@@H]1CC[C@]2(C)[C@H]3CCC45CC4(CC[C@H]5[C@@H]4C[C@H]([C@@H]5O[C@@]5(C)CO)OC4O)[C@]3(C)[C@H](O)C[C@H]2C1(C)C. The lowest BCUT2D eigenvalue weighted by Gasteiger charge is -2.68. The zero-order valence-corrected chi connectivity index (χ0v) is 29.9. The van der Waals surface area contributed by atoms with E-state index in [-0.39, 0.29) is 69.8 Å². The van der Waals surface area contributed by atoms with E-state index in [2.05, 4.69) is 40.7 Å². The number of carbonyl (C=O) groups is 1. The van der Waals surface area contributed by atoms with Crippen molar-refractivity contribution in [2.75, 3.05) is 6.61 Å². The first kappa shape index (κ1) is 34.2. The van der Waals surface area contributed by atoms with Crippen molar-refractivity contribution in [3.8, 4) is 0 Å². The fraction of sp³-hybridized carbons (Fsp3) is 0.875. The minimum absolute atomic E-state index is 0.0277. The molecule has 2 saturated heterocycles. The van der Waals surface area contributed by atoms with Crippen LogP contribution in [0.1, 0.15) is 125 Å². The van der Waals surface area contributed by atoms with E-state index in [0.717, 1.165) is 64.2 Å². The zero-order chi connectivity index (χ0) is 33.6. The second kappa shape index (κ2) is 11.6. The number of hydrogen-bond donors (Lipinski definition) is 3. The Labute approximate surface area is 282 Å². The molecule has 0 bridgehead atoms. The summed E-state index contributed by atoms with van der Waals surface area (Å²) >= 11 is 0. The molecule has 3 N–H and O–H groups in total. The molecule has 7 heteroatoms. The molecule has 14 atom stereocenters. The summed E-state index contributed by atoms with van der Waals surface area (Å²) < 4.78 is 18.1. The third-order valence-corrected chi connectivity index (χ3v) is 16.1. The van der Waals surface area contributed by atoms with Gasteiger partial charge in [0, 0.05) is 22.8 Å². The van der Waals surface area contributed by atoms with Gasteiger partial charge in [-0.15, -0.1) is 0 Å². The molecule has 7 fully saturated rings. The fourth-order valence-electron chi connectivity index (χ4n) is 13.6. The number of ether oxygens (including phenoxy) is 3. The van der Waals surface area contributed by atoms with Crippen molar-refractivity contribution in [1.82, 2.24) is 0 Å². The van der Waals surface area contributed by atoms with Crippen LogP contribution in [0, 0.1) is 50.7 Å². The second-order valence-electron chi connectivity index (χ2n) is 18.3. The Hall–Kier alpha value is -1.25. The van der Waals surface area contributed by atoms with Gasteiger partial charge in [0.1, 0.15) is 17.8 Å². The second-order valence-corrected chi connectivity index (χ2v) is 18.3. The molecular weight excluding hydrogens is 592 g/mol. The van der Waals surface area contributed by atoms with Gasteiger partial charge in [-0.2, -0.15) is 0 Å². The molecule has 0 aromatic carbocycles. The first-order chi connectivity index (χ1) is 22.2. The van der Waals surface area contributed by atoms with Crippen LogP contribution in [-0.4, -0.2) is 64.2 Å². The standard InChI is InChI=1S/C40H62O7/c1-7-8-9-10-11-12-13-14-32(43)46-31-17-18-36(4)28-16-19-39-23-40(39,38(28,6)30(42)22-29(36)35(31,2)3)20-15-26(39)25-21-27(45-34(25)44)33-37(5,24-41)47-33/h11-14,25-31,33-34,41-42,44H,7-10,15-24H2,1-6H3/b12-11-,14-13+/t25-,26-,27+,28+,29-,30+,31+,33-,34?,36+,37-,38-,39?,40?/m0/s1. The van der Waals surface area contributed by atoms with Crippen LogP contribution in [0.25, 0.3) is 0 Å². The van der Waals surface area contributed by atoms with Gasteiger partial charge in [0.05, 0.1) is 18.8 Å². The van der Waals surface area contributed by atoms with Crippen LogP contribution in [0.5, 0.6) is 0 Å². The molecule has 2 heterocycles. The lowest BCUT2D eigenvalue weighted by Crippen LogP contribution is -2.66. The lowest BCUT2D eigenvalue weighted by molar-refractivity contribution is -0.245. The van der Waals surface area contributed by atoms with Gasteiger partial charge in [0.15, 0.2) is 6.29 Å². The Balaban J connectivity index is 1.05. The summed E-state index contributed by atoms with van der Waals surface area (Å²) in [4.78, 5) is 12.9. The van der Waals surface area contributed by atoms with Crippen LogP contribution < -0.4 is 0 Å². The van der Waals surface area contributed by atoms with E-state index < -0.39 is 18.0 Å². The maximum absolute atomic E-state index is 12.9. The van der Waals surface area contributed by atoms with Crippen LogP contribution in [0.4, 0.5) is 0 Å². The van der Waals surface area contributed by atoms with Crippen LogP contribution in [0.15, 0.2) is 24.3 Å². The summed E-state index contributed by atoms with van der Waals surface area (Å²) in [7, 11) is 0. The van der Waals surface area contributed by atoms with Crippen LogP contribution in [0.2, 0.25) is 0 Å². The molecule has 0 aromatic heterocycles. The van der Waals surface area contributed by atoms with E-state index in [1.807, 2.05) is 19.1 Å². The van der Waals surface area contributed by atoms with Crippen molar-refractivity contribution in [1.29, 1.82) is 0 Å². The Morgan fingerprint density at radius 2 is 1.74 bits per heavy atom. The quantitative estimate of drug-likeness (QED) is 0.0776. The van der Waals surface area contributed by atoms with Gasteiger partial charge in [-0.25, -0.2) is 4.79 Å². The fourth-order valence-corrected chi connectivity index (χ4v) is 13.6. The van der Waals surface area contributed by atoms with Crippen LogP contribution in [-0.2, 0) is 19.0 Å². The van der Waals surface area contributed by atoms with Gasteiger partial charge in [-0.3, -0.25) is 0 Å². The smallest absolute Gasteiger partial charge is 0.331 e. The molecule has 47 heavy (non-hydrogen) atoms. The number of hydrogen-bond acceptors (Lipinski definition) is 7. The normalized spacial score (nSPS) is 52.6. The van der Waals surface area contributed by atoms with E-state index in [1.54, 1.807) is 6.08 Å². The number of aliphatic hydroxyl groups excluding tert-OH is 3. The van der Waals surface area contributed by atoms with Crippen LogP contribution >= 0.6 is 0 Å². The Morgan fingerprint density at radius 1 is 0.957 bits per heavy atom. The summed E-state index contributed by atoms with van der Waals surface area (Å²) in [5.41, 5.74) is -0.620. The molecule has 0 spiro atoms. The summed E-state index contributed by atoms with van der Waals surface area (Å²) in [6.07, 6.45) is 19.5. The minimum atomic E-state index is -0.790. The number of fused-ring (bicyclic) bond motifs is 3. The molecule has 0 amide bonds. The van der Waals surface area contributed by atoms with Crippen molar-refractivity contribution >= 4 is 5.97 Å².